The van der Waals surface area contributed by atoms with Crippen LogP contribution in [-0.4, -0.2) is 38.1 Å². The molecule has 0 unspecified atom stereocenters. The molecule has 0 saturated carbocycles. The van der Waals surface area contributed by atoms with Gasteiger partial charge in [-0.1, -0.05) is 0 Å². The molecule has 4 nitrogen and oxygen atoms in total. The van der Waals surface area contributed by atoms with Gasteiger partial charge < -0.3 is 19.8 Å². The summed E-state index contributed by atoms with van der Waals surface area (Å²) in [5.41, 5.74) is 0. The minimum absolute atomic E-state index is 0. The van der Waals surface area contributed by atoms with Gasteiger partial charge in [0.1, 0.15) is 0 Å². The zero-order valence-corrected chi connectivity index (χ0v) is 6.56. The standard InChI is InChI=1S/C2H2O4.Bi/c3-1(4)2(5)6;/h(H,3,4)(H,5,6);/p-2. The normalized spacial score (nSPS) is 6.29. The van der Waals surface area contributed by atoms with Gasteiger partial charge in [-0.15, -0.1) is 0 Å². The average molecular weight is 297 g/mol. The molecule has 39 valence electrons. The van der Waals surface area contributed by atoms with Gasteiger partial charge in [0, 0.05) is 26.2 Å². The molecular formula is C2BiO4-2. The maximum atomic E-state index is 8.93. The minimum Gasteiger partial charge on any atom is -0.543 e. The molecule has 0 amide bonds. The SMILES string of the molecule is O=C([O-])C(=O)[O-].[Bi]. The third kappa shape index (κ3) is 5.82. The molecule has 0 aliphatic rings. The molecule has 5 heteroatoms. The number of carboxylic acids is 2. The number of hydrogen-bond donors (Lipinski definition) is 0. The largest absolute Gasteiger partial charge is 0.543 e. The van der Waals surface area contributed by atoms with Crippen LogP contribution in [0.25, 0.3) is 0 Å². The van der Waals surface area contributed by atoms with E-state index in [1.807, 2.05) is 0 Å². The van der Waals surface area contributed by atoms with Crippen molar-refractivity contribution in [2.45, 2.75) is 0 Å². The Morgan fingerprint density at radius 2 is 1.14 bits per heavy atom. The van der Waals surface area contributed by atoms with Crippen molar-refractivity contribution in [1.29, 1.82) is 0 Å². The first-order valence-electron chi connectivity index (χ1n) is 1.07. The molecule has 0 fully saturated rings. The van der Waals surface area contributed by atoms with Crippen LogP contribution in [0, 0.1) is 0 Å². The average Bonchev–Trinajstić information content (AvgIpc) is 1.36. The van der Waals surface area contributed by atoms with Crippen LogP contribution in [0.15, 0.2) is 0 Å². The van der Waals surface area contributed by atoms with E-state index >= 15 is 0 Å². The van der Waals surface area contributed by atoms with Crippen molar-refractivity contribution in [3.63, 3.8) is 0 Å². The molecule has 0 N–H and O–H groups in total. The fraction of sp³-hybridized carbons (Fsp3) is 0. The Bertz CT molecular complexity index is 75.7. The van der Waals surface area contributed by atoms with E-state index in [1.165, 1.54) is 0 Å². The minimum atomic E-state index is -2.19. The third-order valence-corrected chi connectivity index (χ3v) is 0.167. The molecule has 0 aromatic carbocycles. The van der Waals surface area contributed by atoms with Crippen molar-refractivity contribution in [2.24, 2.45) is 0 Å². The van der Waals surface area contributed by atoms with E-state index in [1.54, 1.807) is 0 Å². The van der Waals surface area contributed by atoms with Crippen LogP contribution in [0.5, 0.6) is 0 Å². The third-order valence-electron chi connectivity index (χ3n) is 0.167. The van der Waals surface area contributed by atoms with E-state index in [-0.39, 0.29) is 26.2 Å². The first kappa shape index (κ1) is 9.95. The van der Waals surface area contributed by atoms with Crippen molar-refractivity contribution in [3.05, 3.63) is 0 Å². The van der Waals surface area contributed by atoms with Crippen LogP contribution in [-0.2, 0) is 9.59 Å². The maximum Gasteiger partial charge on any atom is 0.0870 e. The molecular weight excluding hydrogens is 297 g/mol. The van der Waals surface area contributed by atoms with E-state index in [9.17, 15) is 0 Å². The predicted molar refractivity (Wildman–Crippen MR) is 15.8 cm³/mol. The van der Waals surface area contributed by atoms with Gasteiger partial charge in [0.15, 0.2) is 0 Å². The zero-order valence-electron chi connectivity index (χ0n) is 3.08. The first-order valence-corrected chi connectivity index (χ1v) is 1.07. The van der Waals surface area contributed by atoms with Gasteiger partial charge >= 0.3 is 0 Å². The summed E-state index contributed by atoms with van der Waals surface area (Å²) in [5.74, 6) is -4.37. The molecule has 0 heterocycles. The monoisotopic (exact) mass is 297 g/mol. The molecule has 0 atom stereocenters. The number of rotatable bonds is 0. The molecule has 0 spiro atoms. The van der Waals surface area contributed by atoms with Crippen LogP contribution in [0.1, 0.15) is 0 Å². The summed E-state index contributed by atoms with van der Waals surface area (Å²) in [6, 6.07) is 0. The fourth-order valence-corrected chi connectivity index (χ4v) is 0. The quantitative estimate of drug-likeness (QED) is 0.338. The summed E-state index contributed by atoms with van der Waals surface area (Å²) < 4.78 is 0. The first-order chi connectivity index (χ1) is 2.64. The summed E-state index contributed by atoms with van der Waals surface area (Å²) in [7, 11) is 0. The van der Waals surface area contributed by atoms with Crippen LogP contribution < -0.4 is 10.2 Å². The summed E-state index contributed by atoms with van der Waals surface area (Å²) in [4.78, 5) is 17.9. The van der Waals surface area contributed by atoms with Crippen molar-refractivity contribution in [3.8, 4) is 0 Å². The van der Waals surface area contributed by atoms with Gasteiger partial charge in [0.2, 0.25) is 0 Å². The van der Waals surface area contributed by atoms with Crippen molar-refractivity contribution >= 4 is 38.1 Å². The Hall–Kier alpha value is -0.177. The zero-order chi connectivity index (χ0) is 5.15. The Morgan fingerprint density at radius 1 is 1.00 bits per heavy atom. The summed E-state index contributed by atoms with van der Waals surface area (Å²) >= 11 is 0. The Morgan fingerprint density at radius 3 is 1.14 bits per heavy atom. The second-order valence-corrected chi connectivity index (χ2v) is 0.575. The van der Waals surface area contributed by atoms with Crippen molar-refractivity contribution in [2.75, 3.05) is 0 Å². The van der Waals surface area contributed by atoms with Gasteiger partial charge in [-0.25, -0.2) is 0 Å². The molecule has 0 aromatic heterocycles. The summed E-state index contributed by atoms with van der Waals surface area (Å²) in [5, 5.41) is 17.9. The van der Waals surface area contributed by atoms with Gasteiger partial charge in [-0.2, -0.15) is 0 Å². The van der Waals surface area contributed by atoms with Gasteiger partial charge in [-0.05, 0) is 0 Å². The van der Waals surface area contributed by atoms with Gasteiger partial charge in [-0.3, -0.25) is 0 Å². The second-order valence-electron chi connectivity index (χ2n) is 0.575. The van der Waals surface area contributed by atoms with Crippen molar-refractivity contribution in [1.82, 2.24) is 0 Å². The number of carboxylic acid groups (broad SMARTS) is 2. The van der Waals surface area contributed by atoms with E-state index in [0.717, 1.165) is 0 Å². The molecule has 0 aromatic rings. The number of hydrogen-bond acceptors (Lipinski definition) is 4. The van der Waals surface area contributed by atoms with Crippen LogP contribution in [0.4, 0.5) is 0 Å². The Labute approximate surface area is 58.3 Å². The maximum absolute atomic E-state index is 8.93. The molecule has 0 bridgehead atoms. The molecule has 0 saturated heterocycles. The topological polar surface area (TPSA) is 80.3 Å². The Kier molecular flexibility index (Phi) is 5.68. The molecule has 0 aliphatic carbocycles. The van der Waals surface area contributed by atoms with E-state index < -0.39 is 11.9 Å². The van der Waals surface area contributed by atoms with E-state index in [2.05, 4.69) is 0 Å². The van der Waals surface area contributed by atoms with Gasteiger partial charge in [0.25, 0.3) is 0 Å². The smallest absolute Gasteiger partial charge is 0.0870 e. The molecule has 0 rings (SSSR count). The van der Waals surface area contributed by atoms with Gasteiger partial charge in [0.05, 0.1) is 11.9 Å². The van der Waals surface area contributed by atoms with Crippen LogP contribution in [0.2, 0.25) is 0 Å². The Balaban J connectivity index is 0. The number of carbonyl (C=O) groups excluding carboxylic acids is 2. The predicted octanol–water partition coefficient (Wildman–Crippen LogP) is -3.89. The second kappa shape index (κ2) is 3.99. The van der Waals surface area contributed by atoms with Crippen LogP contribution in [0.3, 0.4) is 0 Å². The van der Waals surface area contributed by atoms with Crippen LogP contribution >= 0.6 is 0 Å². The van der Waals surface area contributed by atoms with Crippen molar-refractivity contribution < 1.29 is 19.8 Å². The summed E-state index contributed by atoms with van der Waals surface area (Å²) in [6.07, 6.45) is 0. The fourth-order valence-electron chi connectivity index (χ4n) is 0. The number of carbonyl (C=O) groups is 2. The number of aliphatic carboxylic acids is 2. The van der Waals surface area contributed by atoms with E-state index in [0.29, 0.717) is 0 Å². The molecule has 3 radical (unpaired) electrons. The summed E-state index contributed by atoms with van der Waals surface area (Å²) in [6.45, 7) is 0. The van der Waals surface area contributed by atoms with E-state index in [4.69, 9.17) is 19.8 Å². The molecule has 7 heavy (non-hydrogen) atoms. The molecule has 0 aliphatic heterocycles.